The lowest BCUT2D eigenvalue weighted by molar-refractivity contribution is -0.193. The quantitative estimate of drug-likeness (QED) is 0.527. The van der Waals surface area contributed by atoms with Crippen LogP contribution in [0.2, 0.25) is 0 Å². The molecular formula is C24H23F6N3O7. The zero-order valence-electron chi connectivity index (χ0n) is 20.5. The highest BCUT2D eigenvalue weighted by Crippen LogP contribution is 2.35. The first-order valence-electron chi connectivity index (χ1n) is 11.6. The molecule has 1 aromatic carbocycles. The van der Waals surface area contributed by atoms with Crippen LogP contribution in [0.3, 0.4) is 0 Å². The number of halogens is 6. The molecular weight excluding hydrogens is 556 g/mol. The van der Waals surface area contributed by atoms with Gasteiger partial charge in [0.25, 0.3) is 5.91 Å². The molecule has 5 rings (SSSR count). The third-order valence-corrected chi connectivity index (χ3v) is 6.09. The second kappa shape index (κ2) is 12.4. The fraction of sp³-hybridized carbons (Fsp3) is 0.417. The van der Waals surface area contributed by atoms with Crippen LogP contribution >= 0.6 is 0 Å². The first-order valence-corrected chi connectivity index (χ1v) is 11.6. The Morgan fingerprint density at radius 3 is 1.93 bits per heavy atom. The van der Waals surface area contributed by atoms with Crippen molar-refractivity contribution in [3.63, 3.8) is 0 Å². The average molecular weight is 579 g/mol. The summed E-state index contributed by atoms with van der Waals surface area (Å²) in [6, 6.07) is 9.84. The van der Waals surface area contributed by atoms with Crippen LogP contribution in [-0.2, 0) is 16.1 Å². The maximum atomic E-state index is 12.6. The lowest BCUT2D eigenvalue weighted by atomic mass is 10.0. The van der Waals surface area contributed by atoms with E-state index < -0.39 is 24.3 Å². The van der Waals surface area contributed by atoms with Crippen molar-refractivity contribution in [1.82, 2.24) is 14.8 Å². The second-order valence-corrected chi connectivity index (χ2v) is 8.96. The van der Waals surface area contributed by atoms with Gasteiger partial charge in [-0.25, -0.2) is 9.59 Å². The van der Waals surface area contributed by atoms with Crippen molar-refractivity contribution in [2.75, 3.05) is 33.0 Å². The molecule has 3 aliphatic rings. The molecule has 2 N–H and O–H groups in total. The molecule has 0 bridgehead atoms. The summed E-state index contributed by atoms with van der Waals surface area (Å²) in [5, 5.41) is 14.2. The highest BCUT2D eigenvalue weighted by Gasteiger charge is 2.42. The number of fused-ring (bicyclic) bond motifs is 2. The SMILES string of the molecule is O=C(O)C(F)(F)F.O=C(O)C(F)(F)F.O=C(c1cccnc1)N1C[C@H]2CN(Cc3ccc4c(c3)OCO4)C[C@H]2C1. The molecule has 2 saturated heterocycles. The van der Waals surface area contributed by atoms with Gasteiger partial charge >= 0.3 is 24.3 Å². The molecule has 16 heteroatoms. The molecule has 1 amide bonds. The van der Waals surface area contributed by atoms with Gasteiger partial charge in [0.05, 0.1) is 5.56 Å². The minimum atomic E-state index is -5.08. The number of carboxylic acid groups (broad SMARTS) is 2. The van der Waals surface area contributed by atoms with E-state index in [1.165, 1.54) is 5.56 Å². The van der Waals surface area contributed by atoms with E-state index in [0.29, 0.717) is 24.2 Å². The van der Waals surface area contributed by atoms with Gasteiger partial charge in [-0.3, -0.25) is 14.7 Å². The van der Waals surface area contributed by atoms with Crippen molar-refractivity contribution in [3.05, 3.63) is 53.9 Å². The van der Waals surface area contributed by atoms with Gasteiger partial charge in [0.2, 0.25) is 6.79 Å². The minimum absolute atomic E-state index is 0.106. The number of pyridine rings is 1. The molecule has 218 valence electrons. The fourth-order valence-corrected chi connectivity index (χ4v) is 4.35. The van der Waals surface area contributed by atoms with E-state index in [-0.39, 0.29) is 5.91 Å². The molecule has 0 saturated carbocycles. The molecule has 4 heterocycles. The molecule has 3 aliphatic heterocycles. The number of carboxylic acids is 2. The molecule has 10 nitrogen and oxygen atoms in total. The van der Waals surface area contributed by atoms with Gasteiger partial charge in [-0.1, -0.05) is 6.07 Å². The van der Waals surface area contributed by atoms with Crippen LogP contribution in [0.4, 0.5) is 26.3 Å². The molecule has 1 aromatic heterocycles. The number of likely N-dealkylation sites (tertiary alicyclic amines) is 2. The standard InChI is InChI=1S/C20H21N3O3.2C2HF3O2/c24-20(15-2-1-5-21-7-15)23-11-16-9-22(10-17(16)12-23)8-14-3-4-18-19(6-14)26-13-25-18;2*3-2(4,5)1(6)7/h1-7,16-17H,8-13H2;2*(H,6,7)/t16-,17+;;. The van der Waals surface area contributed by atoms with Crippen molar-refractivity contribution < 1.29 is 60.4 Å². The van der Waals surface area contributed by atoms with Crippen LogP contribution < -0.4 is 9.47 Å². The van der Waals surface area contributed by atoms with Crippen LogP contribution in [0.15, 0.2) is 42.7 Å². The highest BCUT2D eigenvalue weighted by atomic mass is 19.4. The third-order valence-electron chi connectivity index (χ3n) is 6.09. The van der Waals surface area contributed by atoms with E-state index in [1.54, 1.807) is 12.4 Å². The summed E-state index contributed by atoms with van der Waals surface area (Å²) in [6.45, 7) is 4.99. The normalized spacial score (nSPS) is 19.6. The first kappa shape index (κ1) is 30.5. The minimum Gasteiger partial charge on any atom is -0.475 e. The van der Waals surface area contributed by atoms with Crippen LogP contribution in [0.5, 0.6) is 11.5 Å². The number of benzene rings is 1. The Balaban J connectivity index is 0.000000263. The molecule has 2 aromatic rings. The first-order chi connectivity index (χ1) is 18.6. The van der Waals surface area contributed by atoms with Crippen molar-refractivity contribution in [1.29, 1.82) is 0 Å². The lowest BCUT2D eigenvalue weighted by Gasteiger charge is -2.21. The third kappa shape index (κ3) is 8.21. The Morgan fingerprint density at radius 2 is 1.43 bits per heavy atom. The molecule has 0 aliphatic carbocycles. The van der Waals surface area contributed by atoms with E-state index in [0.717, 1.165) is 44.2 Å². The van der Waals surface area contributed by atoms with E-state index in [1.807, 2.05) is 23.1 Å². The Labute approximate surface area is 222 Å². The number of ether oxygens (including phenoxy) is 2. The maximum Gasteiger partial charge on any atom is 0.490 e. The number of rotatable bonds is 3. The van der Waals surface area contributed by atoms with Crippen molar-refractivity contribution in [2.24, 2.45) is 11.8 Å². The van der Waals surface area contributed by atoms with E-state index in [9.17, 15) is 31.1 Å². The zero-order valence-corrected chi connectivity index (χ0v) is 20.5. The van der Waals surface area contributed by atoms with Gasteiger partial charge in [0, 0.05) is 45.1 Å². The molecule has 0 radical (unpaired) electrons. The van der Waals surface area contributed by atoms with Gasteiger partial charge in [0.1, 0.15) is 0 Å². The predicted molar refractivity (Wildman–Crippen MR) is 122 cm³/mol. The van der Waals surface area contributed by atoms with Crippen LogP contribution in [-0.4, -0.2) is 88.2 Å². The topological polar surface area (TPSA) is 129 Å². The summed E-state index contributed by atoms with van der Waals surface area (Å²) >= 11 is 0. The zero-order chi connectivity index (χ0) is 29.7. The number of aromatic nitrogens is 1. The van der Waals surface area contributed by atoms with E-state index in [4.69, 9.17) is 29.3 Å². The average Bonchev–Trinajstić information content (AvgIpc) is 3.58. The number of hydrogen-bond donors (Lipinski definition) is 2. The number of aliphatic carboxylic acids is 2. The smallest absolute Gasteiger partial charge is 0.475 e. The summed E-state index contributed by atoms with van der Waals surface area (Å²) in [4.78, 5) is 38.9. The van der Waals surface area contributed by atoms with Crippen LogP contribution in [0, 0.1) is 11.8 Å². The van der Waals surface area contributed by atoms with Gasteiger partial charge in [-0.15, -0.1) is 0 Å². The summed E-state index contributed by atoms with van der Waals surface area (Å²) < 4.78 is 74.3. The lowest BCUT2D eigenvalue weighted by Crippen LogP contribution is -2.33. The van der Waals surface area contributed by atoms with Gasteiger partial charge in [-0.05, 0) is 41.7 Å². The molecule has 0 unspecified atom stereocenters. The summed E-state index contributed by atoms with van der Waals surface area (Å²) in [5.74, 6) is -2.61. The van der Waals surface area contributed by atoms with Gasteiger partial charge < -0.3 is 24.6 Å². The van der Waals surface area contributed by atoms with Crippen LogP contribution in [0.1, 0.15) is 15.9 Å². The Hall–Kier alpha value is -4.08. The largest absolute Gasteiger partial charge is 0.490 e. The predicted octanol–water partition coefficient (Wildman–Crippen LogP) is 3.28. The van der Waals surface area contributed by atoms with Gasteiger partial charge in [-0.2, -0.15) is 26.3 Å². The molecule has 0 spiro atoms. The van der Waals surface area contributed by atoms with Crippen molar-refractivity contribution in [2.45, 2.75) is 18.9 Å². The second-order valence-electron chi connectivity index (χ2n) is 8.96. The monoisotopic (exact) mass is 579 g/mol. The fourth-order valence-electron chi connectivity index (χ4n) is 4.35. The summed E-state index contributed by atoms with van der Waals surface area (Å²) in [5.41, 5.74) is 1.93. The van der Waals surface area contributed by atoms with E-state index in [2.05, 4.69) is 22.0 Å². The number of nitrogens with zero attached hydrogens (tertiary/aromatic N) is 3. The Bertz CT molecular complexity index is 1170. The van der Waals surface area contributed by atoms with Crippen molar-refractivity contribution >= 4 is 17.8 Å². The number of alkyl halides is 6. The maximum absolute atomic E-state index is 12.6. The molecule has 40 heavy (non-hydrogen) atoms. The number of hydrogen-bond acceptors (Lipinski definition) is 7. The number of carbonyl (C=O) groups is 3. The molecule has 2 fully saturated rings. The summed E-state index contributed by atoms with van der Waals surface area (Å²) in [7, 11) is 0. The number of amides is 1. The Kier molecular flexibility index (Phi) is 9.44. The van der Waals surface area contributed by atoms with Crippen LogP contribution in [0.25, 0.3) is 0 Å². The summed E-state index contributed by atoms with van der Waals surface area (Å²) in [6.07, 6.45) is -6.81. The van der Waals surface area contributed by atoms with E-state index >= 15 is 0 Å². The molecule has 2 atom stereocenters. The van der Waals surface area contributed by atoms with Gasteiger partial charge in [0.15, 0.2) is 11.5 Å². The Morgan fingerprint density at radius 1 is 0.875 bits per heavy atom. The number of carbonyl (C=O) groups excluding carboxylic acids is 1. The van der Waals surface area contributed by atoms with Crippen molar-refractivity contribution in [3.8, 4) is 11.5 Å². The highest BCUT2D eigenvalue weighted by molar-refractivity contribution is 5.94.